The summed E-state index contributed by atoms with van der Waals surface area (Å²) in [5, 5.41) is 0. The third-order valence-corrected chi connectivity index (χ3v) is 3.17. The molecule has 1 rings (SSSR count). The van der Waals surface area contributed by atoms with E-state index in [-0.39, 0.29) is 0 Å². The van der Waals surface area contributed by atoms with Gasteiger partial charge in [0.15, 0.2) is 0 Å². The van der Waals surface area contributed by atoms with Crippen LogP contribution in [0.3, 0.4) is 0 Å². The van der Waals surface area contributed by atoms with Gasteiger partial charge in [-0.3, -0.25) is 4.72 Å². The standard InChI is InChI=1S/C12H20N2S/c1-2-3-4-7-10-14-15-12-9-6-5-8-11(12)13/h5-6,8-9,14H,2-4,7,10,13H2,1H3. The number of hydrogen-bond acceptors (Lipinski definition) is 3. The highest BCUT2D eigenvalue weighted by molar-refractivity contribution is 7.97. The van der Waals surface area contributed by atoms with Gasteiger partial charge in [-0.05, 0) is 30.5 Å². The van der Waals surface area contributed by atoms with Gasteiger partial charge in [0, 0.05) is 17.1 Å². The van der Waals surface area contributed by atoms with Crippen LogP contribution >= 0.6 is 11.9 Å². The maximum Gasteiger partial charge on any atom is 0.0465 e. The monoisotopic (exact) mass is 224 g/mol. The zero-order valence-electron chi connectivity index (χ0n) is 9.33. The number of nitrogens with two attached hydrogens (primary N) is 1. The van der Waals surface area contributed by atoms with E-state index in [1.165, 1.54) is 25.7 Å². The van der Waals surface area contributed by atoms with Gasteiger partial charge in [-0.1, -0.05) is 38.3 Å². The van der Waals surface area contributed by atoms with Crippen molar-refractivity contribution < 1.29 is 0 Å². The first-order chi connectivity index (χ1) is 7.34. The molecule has 0 aliphatic rings. The van der Waals surface area contributed by atoms with E-state index in [9.17, 15) is 0 Å². The van der Waals surface area contributed by atoms with E-state index in [2.05, 4.69) is 11.6 Å². The minimum Gasteiger partial charge on any atom is -0.398 e. The number of rotatable bonds is 7. The predicted molar refractivity (Wildman–Crippen MR) is 68.9 cm³/mol. The molecule has 0 atom stereocenters. The molecule has 0 spiro atoms. The van der Waals surface area contributed by atoms with Crippen LogP contribution < -0.4 is 10.5 Å². The van der Waals surface area contributed by atoms with E-state index in [4.69, 9.17) is 5.73 Å². The minimum atomic E-state index is 0.851. The van der Waals surface area contributed by atoms with Crippen LogP contribution in [0.5, 0.6) is 0 Å². The highest BCUT2D eigenvalue weighted by atomic mass is 32.2. The molecule has 84 valence electrons. The fourth-order valence-electron chi connectivity index (χ4n) is 1.33. The van der Waals surface area contributed by atoms with Gasteiger partial charge in [0.2, 0.25) is 0 Å². The molecule has 0 fully saturated rings. The van der Waals surface area contributed by atoms with Crippen LogP contribution in [-0.2, 0) is 0 Å². The molecule has 0 bridgehead atoms. The molecule has 0 unspecified atom stereocenters. The maximum atomic E-state index is 5.82. The summed E-state index contributed by atoms with van der Waals surface area (Å²) >= 11 is 1.63. The summed E-state index contributed by atoms with van der Waals surface area (Å²) in [4.78, 5) is 1.12. The Labute approximate surface area is 96.8 Å². The van der Waals surface area contributed by atoms with E-state index < -0.39 is 0 Å². The first-order valence-electron chi connectivity index (χ1n) is 5.58. The van der Waals surface area contributed by atoms with E-state index in [0.29, 0.717) is 0 Å². The molecular formula is C12H20N2S. The van der Waals surface area contributed by atoms with Crippen molar-refractivity contribution in [2.24, 2.45) is 0 Å². The molecule has 1 aromatic carbocycles. The zero-order valence-corrected chi connectivity index (χ0v) is 10.1. The maximum absolute atomic E-state index is 5.82. The number of hydrogen-bond donors (Lipinski definition) is 2. The normalized spacial score (nSPS) is 10.5. The molecule has 15 heavy (non-hydrogen) atoms. The summed E-state index contributed by atoms with van der Waals surface area (Å²) in [7, 11) is 0. The summed E-state index contributed by atoms with van der Waals surface area (Å²) < 4.78 is 3.34. The second-order valence-corrected chi connectivity index (χ2v) is 4.53. The second kappa shape index (κ2) is 7.60. The fourth-order valence-corrected chi connectivity index (χ4v) is 2.06. The molecule has 0 saturated heterocycles. The summed E-state index contributed by atoms with van der Waals surface area (Å²) in [5.41, 5.74) is 6.67. The molecule has 0 aliphatic carbocycles. The molecule has 0 aromatic heterocycles. The van der Waals surface area contributed by atoms with E-state index in [0.717, 1.165) is 17.1 Å². The van der Waals surface area contributed by atoms with E-state index in [1.807, 2.05) is 24.3 Å². The Balaban J connectivity index is 2.12. The third kappa shape index (κ3) is 5.09. The molecule has 0 amide bonds. The number of anilines is 1. The van der Waals surface area contributed by atoms with Crippen molar-refractivity contribution in [1.29, 1.82) is 0 Å². The average Bonchev–Trinajstić information content (AvgIpc) is 2.25. The van der Waals surface area contributed by atoms with Gasteiger partial charge in [0.25, 0.3) is 0 Å². The zero-order chi connectivity index (χ0) is 10.9. The molecule has 2 nitrogen and oxygen atoms in total. The summed E-state index contributed by atoms with van der Waals surface area (Å²) in [6.07, 6.45) is 5.18. The topological polar surface area (TPSA) is 38.0 Å². The smallest absolute Gasteiger partial charge is 0.0465 e. The molecule has 0 aliphatic heterocycles. The first-order valence-corrected chi connectivity index (χ1v) is 6.40. The van der Waals surface area contributed by atoms with Gasteiger partial charge in [-0.25, -0.2) is 0 Å². The van der Waals surface area contributed by atoms with Crippen LogP contribution in [0.2, 0.25) is 0 Å². The third-order valence-electron chi connectivity index (χ3n) is 2.23. The summed E-state index contributed by atoms with van der Waals surface area (Å²) in [6, 6.07) is 7.94. The Kier molecular flexibility index (Phi) is 6.28. The van der Waals surface area contributed by atoms with Gasteiger partial charge >= 0.3 is 0 Å². The average molecular weight is 224 g/mol. The van der Waals surface area contributed by atoms with Crippen LogP contribution in [0.4, 0.5) is 5.69 Å². The Morgan fingerprint density at radius 3 is 2.73 bits per heavy atom. The molecule has 1 aromatic rings. The lowest BCUT2D eigenvalue weighted by Gasteiger charge is -2.05. The number of nitrogens with one attached hydrogen (secondary N) is 1. The predicted octanol–water partition coefficient (Wildman–Crippen LogP) is 3.45. The Morgan fingerprint density at radius 1 is 1.20 bits per heavy atom. The lowest BCUT2D eigenvalue weighted by molar-refractivity contribution is 0.662. The summed E-state index contributed by atoms with van der Waals surface area (Å²) in [6.45, 7) is 3.28. The fraction of sp³-hybridized carbons (Fsp3) is 0.500. The van der Waals surface area contributed by atoms with Crippen LogP contribution in [0, 0.1) is 0 Å². The molecule has 3 heteroatoms. The van der Waals surface area contributed by atoms with Crippen molar-refractivity contribution in [3.8, 4) is 0 Å². The lowest BCUT2D eigenvalue weighted by atomic mass is 10.2. The Bertz CT molecular complexity index is 276. The van der Waals surface area contributed by atoms with Crippen molar-refractivity contribution in [1.82, 2.24) is 4.72 Å². The van der Waals surface area contributed by atoms with Gasteiger partial charge in [0.05, 0.1) is 0 Å². The number of unbranched alkanes of at least 4 members (excludes halogenated alkanes) is 3. The number of para-hydroxylation sites is 1. The number of benzene rings is 1. The SMILES string of the molecule is CCCCCCNSc1ccccc1N. The largest absolute Gasteiger partial charge is 0.398 e. The molecule has 0 radical (unpaired) electrons. The van der Waals surface area contributed by atoms with Crippen molar-refractivity contribution in [3.05, 3.63) is 24.3 Å². The van der Waals surface area contributed by atoms with Crippen LogP contribution in [-0.4, -0.2) is 6.54 Å². The van der Waals surface area contributed by atoms with Gasteiger partial charge in [-0.15, -0.1) is 0 Å². The van der Waals surface area contributed by atoms with Crippen molar-refractivity contribution in [2.75, 3.05) is 12.3 Å². The highest BCUT2D eigenvalue weighted by Gasteiger charge is 1.97. The minimum absolute atomic E-state index is 0.851. The van der Waals surface area contributed by atoms with Crippen LogP contribution in [0.25, 0.3) is 0 Å². The molecule has 3 N–H and O–H groups in total. The van der Waals surface area contributed by atoms with E-state index in [1.54, 1.807) is 11.9 Å². The molecule has 0 saturated carbocycles. The van der Waals surface area contributed by atoms with Crippen molar-refractivity contribution >= 4 is 17.6 Å². The summed E-state index contributed by atoms with van der Waals surface area (Å²) in [5.74, 6) is 0. The number of nitrogen functional groups attached to an aromatic ring is 1. The second-order valence-electron chi connectivity index (χ2n) is 3.59. The van der Waals surface area contributed by atoms with E-state index >= 15 is 0 Å². The van der Waals surface area contributed by atoms with Gasteiger partial charge in [-0.2, -0.15) is 0 Å². The lowest BCUT2D eigenvalue weighted by Crippen LogP contribution is -2.05. The van der Waals surface area contributed by atoms with Gasteiger partial charge < -0.3 is 5.73 Å². The highest BCUT2D eigenvalue weighted by Crippen LogP contribution is 2.21. The van der Waals surface area contributed by atoms with Crippen molar-refractivity contribution in [2.45, 2.75) is 37.5 Å². The molecule has 0 heterocycles. The van der Waals surface area contributed by atoms with Crippen LogP contribution in [0.1, 0.15) is 32.6 Å². The van der Waals surface area contributed by atoms with Crippen LogP contribution in [0.15, 0.2) is 29.2 Å². The van der Waals surface area contributed by atoms with Crippen molar-refractivity contribution in [3.63, 3.8) is 0 Å². The quantitative estimate of drug-likeness (QED) is 0.423. The first kappa shape index (κ1) is 12.4. The van der Waals surface area contributed by atoms with Gasteiger partial charge in [0.1, 0.15) is 0 Å². The Hall–Kier alpha value is -0.670. The molecular weight excluding hydrogens is 204 g/mol. The Morgan fingerprint density at radius 2 is 2.00 bits per heavy atom.